The molecule has 20 heavy (non-hydrogen) atoms. The van der Waals surface area contributed by atoms with Crippen molar-refractivity contribution in [2.24, 2.45) is 0 Å². The summed E-state index contributed by atoms with van der Waals surface area (Å²) in [6, 6.07) is 7.60. The number of hydrogen-bond acceptors (Lipinski definition) is 3. The molecule has 0 radical (unpaired) electrons. The van der Waals surface area contributed by atoms with E-state index in [2.05, 4.69) is 17.2 Å². The summed E-state index contributed by atoms with van der Waals surface area (Å²) in [6.45, 7) is 3.72. The minimum absolute atomic E-state index is 0.0321. The molecule has 1 unspecified atom stereocenters. The largest absolute Gasteiger partial charge is 0.383 e. The smallest absolute Gasteiger partial charge is 0.309 e. The molecule has 0 saturated carbocycles. The van der Waals surface area contributed by atoms with Gasteiger partial charge in [-0.25, -0.2) is 0 Å². The lowest BCUT2D eigenvalue weighted by Crippen LogP contribution is -2.45. The number of aryl methyl sites for hydroxylation is 1. The van der Waals surface area contributed by atoms with Gasteiger partial charge in [0.15, 0.2) is 0 Å². The van der Waals surface area contributed by atoms with Crippen molar-refractivity contribution in [2.45, 2.75) is 18.4 Å². The summed E-state index contributed by atoms with van der Waals surface area (Å²) in [7, 11) is 0. The predicted octanol–water partition coefficient (Wildman–Crippen LogP) is 0.239. The van der Waals surface area contributed by atoms with Crippen molar-refractivity contribution in [3.8, 4) is 0 Å². The number of aliphatic hydroxyl groups is 1. The van der Waals surface area contributed by atoms with E-state index in [0.29, 0.717) is 6.42 Å². The molecule has 0 aromatic heterocycles. The first-order chi connectivity index (χ1) is 9.57. The van der Waals surface area contributed by atoms with Gasteiger partial charge in [0.1, 0.15) is 5.60 Å². The van der Waals surface area contributed by atoms with Crippen LogP contribution in [-0.4, -0.2) is 30.0 Å². The molecule has 0 aliphatic heterocycles. The SMILES string of the molecule is C=CCNC(=O)C(=O)NCC1(O)CCc2ccccc21. The van der Waals surface area contributed by atoms with E-state index in [-0.39, 0.29) is 13.1 Å². The van der Waals surface area contributed by atoms with Crippen LogP contribution in [0.3, 0.4) is 0 Å². The van der Waals surface area contributed by atoms with Crippen LogP contribution in [0, 0.1) is 0 Å². The standard InChI is InChI=1S/C15H18N2O3/c1-2-9-16-13(18)14(19)17-10-15(20)8-7-11-5-3-4-6-12(11)15/h2-6,20H,1,7-10H2,(H,16,18)(H,17,19). The van der Waals surface area contributed by atoms with Crippen molar-refractivity contribution < 1.29 is 14.7 Å². The summed E-state index contributed by atoms with van der Waals surface area (Å²) in [6.07, 6.45) is 2.80. The number of hydrogen-bond donors (Lipinski definition) is 3. The molecule has 1 atom stereocenters. The summed E-state index contributed by atoms with van der Waals surface area (Å²) in [5, 5.41) is 15.5. The molecule has 5 heteroatoms. The molecule has 0 bridgehead atoms. The molecule has 2 rings (SSSR count). The van der Waals surface area contributed by atoms with E-state index in [4.69, 9.17) is 0 Å². The number of benzene rings is 1. The maximum absolute atomic E-state index is 11.6. The number of carbonyl (C=O) groups excluding carboxylic acids is 2. The van der Waals surface area contributed by atoms with Crippen molar-refractivity contribution in [1.82, 2.24) is 10.6 Å². The number of carbonyl (C=O) groups is 2. The van der Waals surface area contributed by atoms with E-state index in [1.54, 1.807) is 0 Å². The van der Waals surface area contributed by atoms with Crippen molar-refractivity contribution >= 4 is 11.8 Å². The highest BCUT2D eigenvalue weighted by Gasteiger charge is 2.36. The highest BCUT2D eigenvalue weighted by atomic mass is 16.3. The van der Waals surface area contributed by atoms with Crippen LogP contribution in [0.5, 0.6) is 0 Å². The quantitative estimate of drug-likeness (QED) is 0.543. The second-order valence-electron chi connectivity index (χ2n) is 4.87. The third-order valence-corrected chi connectivity index (χ3v) is 3.48. The van der Waals surface area contributed by atoms with Crippen LogP contribution in [0.2, 0.25) is 0 Å². The van der Waals surface area contributed by atoms with Crippen LogP contribution >= 0.6 is 0 Å². The molecule has 0 heterocycles. The minimum atomic E-state index is -1.09. The Morgan fingerprint density at radius 3 is 2.75 bits per heavy atom. The summed E-state index contributed by atoms with van der Waals surface area (Å²) in [5.74, 6) is -1.47. The van der Waals surface area contributed by atoms with Gasteiger partial charge in [0.05, 0.1) is 6.54 Å². The topological polar surface area (TPSA) is 78.4 Å². The summed E-state index contributed by atoms with van der Waals surface area (Å²) in [5.41, 5.74) is 0.817. The fraction of sp³-hybridized carbons (Fsp3) is 0.333. The Morgan fingerprint density at radius 2 is 2.00 bits per heavy atom. The van der Waals surface area contributed by atoms with Gasteiger partial charge < -0.3 is 15.7 Å². The second kappa shape index (κ2) is 5.88. The van der Waals surface area contributed by atoms with E-state index in [9.17, 15) is 14.7 Å². The predicted molar refractivity (Wildman–Crippen MR) is 74.9 cm³/mol. The van der Waals surface area contributed by atoms with E-state index in [1.165, 1.54) is 6.08 Å². The van der Waals surface area contributed by atoms with Crippen LogP contribution in [0.4, 0.5) is 0 Å². The molecule has 1 aromatic rings. The lowest BCUT2D eigenvalue weighted by molar-refractivity contribution is -0.139. The molecule has 5 nitrogen and oxygen atoms in total. The number of fused-ring (bicyclic) bond motifs is 1. The van der Waals surface area contributed by atoms with Gasteiger partial charge in [0, 0.05) is 6.54 Å². The summed E-state index contributed by atoms with van der Waals surface area (Å²) < 4.78 is 0. The lowest BCUT2D eigenvalue weighted by Gasteiger charge is -2.24. The van der Waals surface area contributed by atoms with Crippen molar-refractivity contribution in [1.29, 1.82) is 0 Å². The van der Waals surface area contributed by atoms with Gasteiger partial charge in [-0.2, -0.15) is 0 Å². The average Bonchev–Trinajstić information content (AvgIpc) is 2.81. The van der Waals surface area contributed by atoms with E-state index in [1.807, 2.05) is 24.3 Å². The minimum Gasteiger partial charge on any atom is -0.383 e. The van der Waals surface area contributed by atoms with Crippen LogP contribution in [0.15, 0.2) is 36.9 Å². The van der Waals surface area contributed by atoms with E-state index in [0.717, 1.165) is 17.5 Å². The Bertz CT molecular complexity index is 542. The Hall–Kier alpha value is -2.14. The van der Waals surface area contributed by atoms with Gasteiger partial charge >= 0.3 is 11.8 Å². The maximum atomic E-state index is 11.6. The highest BCUT2D eigenvalue weighted by Crippen LogP contribution is 2.35. The third kappa shape index (κ3) is 2.88. The van der Waals surface area contributed by atoms with Crippen LogP contribution in [0.25, 0.3) is 0 Å². The Labute approximate surface area is 117 Å². The molecule has 0 saturated heterocycles. The van der Waals surface area contributed by atoms with E-state index < -0.39 is 17.4 Å². The molecule has 1 aliphatic rings. The number of rotatable bonds is 4. The zero-order chi connectivity index (χ0) is 14.6. The molecule has 106 valence electrons. The highest BCUT2D eigenvalue weighted by molar-refractivity contribution is 6.35. The summed E-state index contributed by atoms with van der Waals surface area (Å²) in [4.78, 5) is 23.0. The van der Waals surface area contributed by atoms with Crippen LogP contribution in [0.1, 0.15) is 17.5 Å². The van der Waals surface area contributed by atoms with Crippen LogP contribution in [-0.2, 0) is 21.6 Å². The Morgan fingerprint density at radius 1 is 1.30 bits per heavy atom. The molecular formula is C15H18N2O3. The normalized spacial score (nSPS) is 20.1. The molecule has 2 amide bonds. The second-order valence-corrected chi connectivity index (χ2v) is 4.87. The molecule has 0 fully saturated rings. The van der Waals surface area contributed by atoms with Gasteiger partial charge in [0.2, 0.25) is 0 Å². The molecule has 1 aliphatic carbocycles. The molecule has 3 N–H and O–H groups in total. The van der Waals surface area contributed by atoms with Gasteiger partial charge in [0.25, 0.3) is 0 Å². The van der Waals surface area contributed by atoms with Gasteiger partial charge in [-0.3, -0.25) is 9.59 Å². The third-order valence-electron chi connectivity index (χ3n) is 3.48. The van der Waals surface area contributed by atoms with Gasteiger partial charge in [-0.1, -0.05) is 30.3 Å². The van der Waals surface area contributed by atoms with E-state index >= 15 is 0 Å². The zero-order valence-electron chi connectivity index (χ0n) is 11.2. The van der Waals surface area contributed by atoms with Crippen molar-refractivity contribution in [3.63, 3.8) is 0 Å². The van der Waals surface area contributed by atoms with Gasteiger partial charge in [-0.05, 0) is 24.0 Å². The first-order valence-corrected chi connectivity index (χ1v) is 6.54. The first-order valence-electron chi connectivity index (χ1n) is 6.54. The number of nitrogens with one attached hydrogen (secondary N) is 2. The summed E-state index contributed by atoms with van der Waals surface area (Å²) >= 11 is 0. The molecular weight excluding hydrogens is 256 g/mol. The van der Waals surface area contributed by atoms with Crippen molar-refractivity contribution in [3.05, 3.63) is 48.0 Å². The number of amides is 2. The fourth-order valence-corrected chi connectivity index (χ4v) is 2.40. The van der Waals surface area contributed by atoms with Gasteiger partial charge in [-0.15, -0.1) is 6.58 Å². The monoisotopic (exact) mass is 274 g/mol. The Kier molecular flexibility index (Phi) is 4.20. The maximum Gasteiger partial charge on any atom is 0.309 e. The lowest BCUT2D eigenvalue weighted by atomic mass is 9.96. The first kappa shape index (κ1) is 14.3. The molecule has 0 spiro atoms. The molecule has 1 aromatic carbocycles. The van der Waals surface area contributed by atoms with Crippen molar-refractivity contribution in [2.75, 3.05) is 13.1 Å². The average molecular weight is 274 g/mol. The zero-order valence-corrected chi connectivity index (χ0v) is 11.2. The fourth-order valence-electron chi connectivity index (χ4n) is 2.40. The van der Waals surface area contributed by atoms with Crippen LogP contribution < -0.4 is 10.6 Å². The Balaban J connectivity index is 1.96.